The molecule has 2 aliphatic heterocycles. The molecule has 3 heterocycles. The fourth-order valence-electron chi connectivity index (χ4n) is 8.60. The number of thiazole rings is 1. The number of rotatable bonds is 19. The van der Waals surface area contributed by atoms with E-state index in [2.05, 4.69) is 15.8 Å². The normalized spacial score (nSPS) is 17.6. The quantitative estimate of drug-likeness (QED) is 0.0199. The number of amides is 2. The lowest BCUT2D eigenvalue weighted by atomic mass is 9.77. The second-order valence-electron chi connectivity index (χ2n) is 16.9. The number of ether oxygens (including phenoxy) is 3. The number of halogens is 1. The van der Waals surface area contributed by atoms with Crippen LogP contribution < -0.4 is 15.4 Å². The minimum atomic E-state index is -1.17. The van der Waals surface area contributed by atoms with Crippen LogP contribution in [0.3, 0.4) is 0 Å². The molecule has 16 heteroatoms. The topological polar surface area (TPSA) is 158 Å². The third-order valence-corrected chi connectivity index (χ3v) is 15.2. The molecule has 360 valence electrons. The summed E-state index contributed by atoms with van der Waals surface area (Å²) in [6.45, 7) is -0.623. The number of nitrogens with zero attached hydrogens (tertiary/aromatic N) is 3. The molecule has 0 bridgehead atoms. The highest BCUT2D eigenvalue weighted by atomic mass is 35.5. The Morgan fingerprint density at radius 2 is 1.35 bits per heavy atom. The number of esters is 2. The minimum Gasteiger partial charge on any atom is -0.497 e. The van der Waals surface area contributed by atoms with Gasteiger partial charge in [0.05, 0.1) is 7.11 Å². The summed E-state index contributed by atoms with van der Waals surface area (Å²) in [4.78, 5) is 67.6. The van der Waals surface area contributed by atoms with E-state index < -0.39 is 58.8 Å². The lowest BCUT2D eigenvalue weighted by Crippen LogP contribution is -2.74. The molecule has 2 saturated heterocycles. The van der Waals surface area contributed by atoms with E-state index in [1.807, 2.05) is 152 Å². The molecule has 3 atom stereocenters. The van der Waals surface area contributed by atoms with Gasteiger partial charge < -0.3 is 34.6 Å². The van der Waals surface area contributed by atoms with Crippen molar-refractivity contribution >= 4 is 69.3 Å². The van der Waals surface area contributed by atoms with Crippen LogP contribution in [0.1, 0.15) is 45.2 Å². The molecule has 71 heavy (non-hydrogen) atoms. The number of fused-ring (bicyclic) bond motifs is 1. The molecule has 2 aliphatic rings. The molecular formula is C55H48ClN5O8S2. The Hall–Kier alpha value is -7.46. The number of alkyl halides is 1. The fourth-order valence-corrected chi connectivity index (χ4v) is 11.3. The summed E-state index contributed by atoms with van der Waals surface area (Å²) < 4.78 is 16.9. The lowest BCUT2D eigenvalue weighted by Gasteiger charge is -2.53. The van der Waals surface area contributed by atoms with Crippen LogP contribution in [0.25, 0.3) is 0 Å². The minimum absolute atomic E-state index is 0.00699. The zero-order valence-electron chi connectivity index (χ0n) is 38.4. The van der Waals surface area contributed by atoms with Gasteiger partial charge in [0.1, 0.15) is 40.4 Å². The summed E-state index contributed by atoms with van der Waals surface area (Å²) in [5, 5.41) is 12.4. The molecule has 0 aliphatic carbocycles. The number of aromatic nitrogens is 1. The summed E-state index contributed by atoms with van der Waals surface area (Å²) >= 11 is 9.03. The number of anilines is 1. The summed E-state index contributed by atoms with van der Waals surface area (Å²) in [6.07, 6.45) is -0.736. The van der Waals surface area contributed by atoms with Crippen LogP contribution >= 0.6 is 34.7 Å². The number of nitrogens with one attached hydrogen (secondary N) is 2. The molecule has 6 aromatic carbocycles. The standard InChI is InChI=1S/C55H48ClN5O8S2/c1-66-43-29-27-37(28-30-43)31-67-52(65)54(34-56)35-61-50(64)47(51(61)71-36-54)58-49(63)46(60-68-32-45(62)69-48(38-17-7-2-8-18-38)39-19-9-3-10-20-39)44-33-70-53(57-44)59-55(40-21-11-4-12-22-40,41-23-13-5-14-24-41)42-25-15-6-16-26-42/h2-30,33,47-48,51H,31-32,34-36H2,1H3,(H,57,59)(H,58,63)/t47?,51-,54?/m1/s1. The smallest absolute Gasteiger partial charge is 0.347 e. The van der Waals surface area contributed by atoms with E-state index in [1.54, 1.807) is 36.8 Å². The number of hydrogen-bond donors (Lipinski definition) is 2. The number of carbonyl (C=O) groups is 4. The van der Waals surface area contributed by atoms with E-state index in [9.17, 15) is 19.2 Å². The molecule has 2 fully saturated rings. The van der Waals surface area contributed by atoms with Gasteiger partial charge in [-0.2, -0.15) is 0 Å². The van der Waals surface area contributed by atoms with E-state index >= 15 is 0 Å². The van der Waals surface area contributed by atoms with Gasteiger partial charge in [0.25, 0.3) is 5.91 Å². The highest BCUT2D eigenvalue weighted by Gasteiger charge is 2.58. The Balaban J connectivity index is 0.967. The summed E-state index contributed by atoms with van der Waals surface area (Å²) in [5.41, 5.74) is 2.82. The van der Waals surface area contributed by atoms with Crippen molar-refractivity contribution in [2.75, 3.05) is 37.2 Å². The lowest BCUT2D eigenvalue weighted by molar-refractivity contribution is -0.162. The van der Waals surface area contributed by atoms with Crippen LogP contribution in [0.15, 0.2) is 186 Å². The van der Waals surface area contributed by atoms with Crippen molar-refractivity contribution in [3.63, 3.8) is 0 Å². The Labute approximate surface area is 424 Å². The molecule has 2 N–H and O–H groups in total. The molecule has 0 spiro atoms. The first-order valence-electron chi connectivity index (χ1n) is 22.7. The maximum atomic E-state index is 14.5. The average molecular weight is 1010 g/mol. The maximum Gasteiger partial charge on any atom is 0.347 e. The van der Waals surface area contributed by atoms with Crippen LogP contribution in [-0.4, -0.2) is 82.7 Å². The number of thioether (sulfide) groups is 1. The van der Waals surface area contributed by atoms with E-state index in [0.29, 0.717) is 10.9 Å². The molecular weight excluding hydrogens is 958 g/mol. The van der Waals surface area contributed by atoms with Gasteiger partial charge in [0, 0.05) is 23.6 Å². The van der Waals surface area contributed by atoms with Gasteiger partial charge in [-0.3, -0.25) is 14.4 Å². The van der Waals surface area contributed by atoms with Crippen molar-refractivity contribution in [2.45, 2.75) is 29.7 Å². The van der Waals surface area contributed by atoms with E-state index in [4.69, 9.17) is 35.6 Å². The van der Waals surface area contributed by atoms with Crippen molar-refractivity contribution in [3.05, 3.63) is 220 Å². The first-order valence-corrected chi connectivity index (χ1v) is 25.2. The molecule has 0 radical (unpaired) electrons. The molecule has 7 aromatic rings. The van der Waals surface area contributed by atoms with Gasteiger partial charge in [-0.1, -0.05) is 169 Å². The van der Waals surface area contributed by atoms with Crippen molar-refractivity contribution in [1.29, 1.82) is 0 Å². The molecule has 0 saturated carbocycles. The summed E-state index contributed by atoms with van der Waals surface area (Å²) in [6, 6.07) is 54.8. The maximum absolute atomic E-state index is 14.5. The van der Waals surface area contributed by atoms with Gasteiger partial charge in [0.15, 0.2) is 16.9 Å². The Morgan fingerprint density at radius 3 is 1.89 bits per heavy atom. The third kappa shape index (κ3) is 10.5. The molecule has 9 rings (SSSR count). The van der Waals surface area contributed by atoms with Crippen LogP contribution in [0.5, 0.6) is 5.75 Å². The number of β-lactam (4-membered cyclic amide) rings is 1. The number of methoxy groups -OCH3 is 1. The second kappa shape index (κ2) is 22.1. The van der Waals surface area contributed by atoms with Gasteiger partial charge in [0.2, 0.25) is 12.5 Å². The zero-order chi connectivity index (χ0) is 49.2. The first kappa shape index (κ1) is 48.6. The first-order chi connectivity index (χ1) is 34.7. The van der Waals surface area contributed by atoms with Gasteiger partial charge in [-0.05, 0) is 45.5 Å². The molecule has 2 amide bonds. The second-order valence-corrected chi connectivity index (χ2v) is 19.1. The van der Waals surface area contributed by atoms with Gasteiger partial charge in [-0.25, -0.2) is 9.78 Å². The molecule has 2 unspecified atom stereocenters. The van der Waals surface area contributed by atoms with Crippen LogP contribution in [0.4, 0.5) is 5.13 Å². The number of carbonyl (C=O) groups excluding carboxylic acids is 4. The highest BCUT2D eigenvalue weighted by Crippen LogP contribution is 2.44. The van der Waals surface area contributed by atoms with Crippen LogP contribution in [-0.2, 0) is 45.6 Å². The van der Waals surface area contributed by atoms with Crippen molar-refractivity contribution < 1.29 is 38.2 Å². The largest absolute Gasteiger partial charge is 0.497 e. The third-order valence-electron chi connectivity index (χ3n) is 12.3. The molecule has 13 nitrogen and oxygen atoms in total. The molecule has 1 aromatic heterocycles. The number of benzene rings is 6. The van der Waals surface area contributed by atoms with Gasteiger partial charge in [-0.15, -0.1) is 34.7 Å². The number of hydrogen-bond acceptors (Lipinski definition) is 13. The highest BCUT2D eigenvalue weighted by molar-refractivity contribution is 8.00. The van der Waals surface area contributed by atoms with Crippen LogP contribution in [0, 0.1) is 5.41 Å². The fraction of sp³-hybridized carbons (Fsp3) is 0.200. The SMILES string of the molecule is COc1ccc(COC(=O)C2(CCl)CS[C@@H]3C(NC(=O)C(=NOCC(=O)OC(c4ccccc4)c4ccccc4)c4csc(NC(c5ccccc5)(c5ccccc5)c5ccccc5)n4)C(=O)N3C2)cc1. The van der Waals surface area contributed by atoms with Gasteiger partial charge >= 0.3 is 11.9 Å². The average Bonchev–Trinajstić information content (AvgIpc) is 3.90. The Bertz CT molecular complexity index is 2840. The Morgan fingerprint density at radius 1 is 0.803 bits per heavy atom. The van der Waals surface area contributed by atoms with Crippen molar-refractivity contribution in [2.24, 2.45) is 10.6 Å². The monoisotopic (exact) mass is 1010 g/mol. The Kier molecular flexibility index (Phi) is 15.1. The zero-order valence-corrected chi connectivity index (χ0v) is 40.8. The van der Waals surface area contributed by atoms with Crippen LogP contribution in [0.2, 0.25) is 0 Å². The predicted octanol–water partition coefficient (Wildman–Crippen LogP) is 8.98. The van der Waals surface area contributed by atoms with E-state index in [1.165, 1.54) is 28.0 Å². The van der Waals surface area contributed by atoms with E-state index in [0.717, 1.165) is 33.4 Å². The summed E-state index contributed by atoms with van der Waals surface area (Å²) in [5.74, 6) is -1.61. The van der Waals surface area contributed by atoms with Crippen molar-refractivity contribution in [3.8, 4) is 5.75 Å². The number of oxime groups is 1. The predicted molar refractivity (Wildman–Crippen MR) is 274 cm³/mol. The van der Waals surface area contributed by atoms with Crippen molar-refractivity contribution in [1.82, 2.24) is 15.2 Å². The van der Waals surface area contributed by atoms with E-state index in [-0.39, 0.29) is 36.2 Å². The summed E-state index contributed by atoms with van der Waals surface area (Å²) in [7, 11) is 1.57.